The lowest BCUT2D eigenvalue weighted by Crippen LogP contribution is -2.33. The molecule has 1 N–H and O–H groups in total. The molecule has 2 rings (SSSR count). The van der Waals surface area contributed by atoms with Gasteiger partial charge >= 0.3 is 0 Å². The van der Waals surface area contributed by atoms with Crippen LogP contribution in [0.4, 0.5) is 0 Å². The highest BCUT2D eigenvalue weighted by molar-refractivity contribution is 5.83. The van der Waals surface area contributed by atoms with E-state index < -0.39 is 0 Å². The predicted octanol–water partition coefficient (Wildman–Crippen LogP) is 4.72. The third-order valence-electron chi connectivity index (χ3n) is 4.00. The second kappa shape index (κ2) is 6.72. The van der Waals surface area contributed by atoms with Crippen LogP contribution >= 0.6 is 0 Å². The number of hydrogen-bond acceptors (Lipinski definition) is 1. The highest BCUT2D eigenvalue weighted by Crippen LogP contribution is 2.25. The monoisotopic (exact) mass is 255 g/mol. The molecule has 0 heterocycles. The van der Waals surface area contributed by atoms with E-state index in [1.165, 1.54) is 29.2 Å². The normalized spacial score (nSPS) is 14.5. The third kappa shape index (κ3) is 3.36. The first-order valence-electron chi connectivity index (χ1n) is 7.48. The van der Waals surface area contributed by atoms with Gasteiger partial charge in [-0.3, -0.25) is 0 Å². The van der Waals surface area contributed by atoms with Crippen LogP contribution < -0.4 is 5.32 Å². The Morgan fingerprint density at radius 3 is 2.42 bits per heavy atom. The van der Waals surface area contributed by atoms with Crippen molar-refractivity contribution >= 4 is 10.8 Å². The van der Waals surface area contributed by atoms with E-state index in [1.54, 1.807) is 0 Å². The van der Waals surface area contributed by atoms with Crippen LogP contribution in [0.2, 0.25) is 0 Å². The molecule has 0 aliphatic heterocycles. The van der Waals surface area contributed by atoms with Gasteiger partial charge in [0.05, 0.1) is 0 Å². The summed E-state index contributed by atoms with van der Waals surface area (Å²) in [5.74, 6) is 0.557. The van der Waals surface area contributed by atoms with E-state index in [-0.39, 0.29) is 0 Å². The molecular formula is C18H25N. The smallest absolute Gasteiger partial charge is 0.0130 e. The van der Waals surface area contributed by atoms with Crippen LogP contribution in [0.1, 0.15) is 45.1 Å². The van der Waals surface area contributed by atoms with Crippen LogP contribution in [0.5, 0.6) is 0 Å². The molecule has 2 atom stereocenters. The molecule has 2 aromatic rings. The Balaban J connectivity index is 2.21. The SMILES string of the molecule is CCCNC(CC)C(C)c1ccc2ccccc2c1. The van der Waals surface area contributed by atoms with Gasteiger partial charge in [0.15, 0.2) is 0 Å². The van der Waals surface area contributed by atoms with Crippen molar-refractivity contribution in [3.8, 4) is 0 Å². The number of hydrogen-bond donors (Lipinski definition) is 1. The van der Waals surface area contributed by atoms with Crippen molar-refractivity contribution in [2.24, 2.45) is 0 Å². The summed E-state index contributed by atoms with van der Waals surface area (Å²) >= 11 is 0. The summed E-state index contributed by atoms with van der Waals surface area (Å²) in [5.41, 5.74) is 1.44. The summed E-state index contributed by atoms with van der Waals surface area (Å²) in [5, 5.41) is 6.34. The van der Waals surface area contributed by atoms with Gasteiger partial charge in [-0.2, -0.15) is 0 Å². The summed E-state index contributed by atoms with van der Waals surface area (Å²) < 4.78 is 0. The Morgan fingerprint density at radius 2 is 1.74 bits per heavy atom. The average molecular weight is 255 g/mol. The summed E-state index contributed by atoms with van der Waals surface area (Å²) in [7, 11) is 0. The summed E-state index contributed by atoms with van der Waals surface area (Å²) in [6.07, 6.45) is 2.37. The molecule has 0 radical (unpaired) electrons. The topological polar surface area (TPSA) is 12.0 Å². The highest BCUT2D eigenvalue weighted by atomic mass is 14.9. The molecule has 0 aliphatic rings. The summed E-state index contributed by atoms with van der Waals surface area (Å²) in [4.78, 5) is 0. The van der Waals surface area contributed by atoms with Crippen LogP contribution in [0, 0.1) is 0 Å². The molecule has 1 heteroatoms. The number of nitrogens with one attached hydrogen (secondary N) is 1. The molecule has 19 heavy (non-hydrogen) atoms. The molecule has 2 unspecified atom stereocenters. The van der Waals surface area contributed by atoms with E-state index in [0.29, 0.717) is 12.0 Å². The van der Waals surface area contributed by atoms with E-state index in [1.807, 2.05) is 0 Å². The molecule has 0 aromatic heterocycles. The predicted molar refractivity (Wildman–Crippen MR) is 84.7 cm³/mol. The van der Waals surface area contributed by atoms with Crippen molar-refractivity contribution in [3.63, 3.8) is 0 Å². The van der Waals surface area contributed by atoms with Gasteiger partial charge in [-0.05, 0) is 41.6 Å². The zero-order valence-corrected chi connectivity index (χ0v) is 12.3. The lowest BCUT2D eigenvalue weighted by molar-refractivity contribution is 0.438. The molecule has 0 bridgehead atoms. The second-order valence-electron chi connectivity index (χ2n) is 5.36. The maximum atomic E-state index is 3.67. The molecule has 0 saturated carbocycles. The quantitative estimate of drug-likeness (QED) is 0.787. The van der Waals surface area contributed by atoms with Gasteiger partial charge in [-0.25, -0.2) is 0 Å². The Kier molecular flexibility index (Phi) is 4.98. The van der Waals surface area contributed by atoms with Gasteiger partial charge in [0, 0.05) is 6.04 Å². The van der Waals surface area contributed by atoms with E-state index >= 15 is 0 Å². The van der Waals surface area contributed by atoms with Crippen LogP contribution in [-0.4, -0.2) is 12.6 Å². The van der Waals surface area contributed by atoms with Gasteiger partial charge in [-0.1, -0.05) is 63.2 Å². The van der Waals surface area contributed by atoms with Crippen molar-refractivity contribution in [1.82, 2.24) is 5.32 Å². The minimum atomic E-state index is 0.557. The molecule has 0 spiro atoms. The number of fused-ring (bicyclic) bond motifs is 1. The van der Waals surface area contributed by atoms with E-state index in [9.17, 15) is 0 Å². The Hall–Kier alpha value is -1.34. The largest absolute Gasteiger partial charge is 0.313 e. The van der Waals surface area contributed by atoms with Gasteiger partial charge in [-0.15, -0.1) is 0 Å². The minimum absolute atomic E-state index is 0.557. The third-order valence-corrected chi connectivity index (χ3v) is 4.00. The molecular weight excluding hydrogens is 230 g/mol. The second-order valence-corrected chi connectivity index (χ2v) is 5.36. The maximum Gasteiger partial charge on any atom is 0.0130 e. The van der Waals surface area contributed by atoms with Crippen molar-refractivity contribution in [2.45, 2.75) is 45.6 Å². The van der Waals surface area contributed by atoms with Crippen LogP contribution in [-0.2, 0) is 0 Å². The molecule has 2 aromatic carbocycles. The molecule has 0 aliphatic carbocycles. The fourth-order valence-electron chi connectivity index (χ4n) is 2.73. The zero-order valence-electron chi connectivity index (χ0n) is 12.3. The van der Waals surface area contributed by atoms with Crippen molar-refractivity contribution in [3.05, 3.63) is 48.0 Å². The van der Waals surface area contributed by atoms with Crippen LogP contribution in [0.15, 0.2) is 42.5 Å². The standard InChI is InChI=1S/C18H25N/c1-4-12-19-18(5-2)14(3)16-11-10-15-8-6-7-9-17(15)13-16/h6-11,13-14,18-19H,4-5,12H2,1-3H3. The fourth-order valence-corrected chi connectivity index (χ4v) is 2.73. The summed E-state index contributed by atoms with van der Waals surface area (Å²) in [6, 6.07) is 16.0. The maximum absolute atomic E-state index is 3.67. The van der Waals surface area contributed by atoms with E-state index in [0.717, 1.165) is 6.54 Å². The zero-order chi connectivity index (χ0) is 13.7. The molecule has 0 amide bonds. The average Bonchev–Trinajstić information content (AvgIpc) is 2.47. The Labute approximate surface area is 117 Å². The first-order valence-corrected chi connectivity index (χ1v) is 7.48. The lowest BCUT2D eigenvalue weighted by Gasteiger charge is -2.24. The Morgan fingerprint density at radius 1 is 1.00 bits per heavy atom. The van der Waals surface area contributed by atoms with Crippen LogP contribution in [0.3, 0.4) is 0 Å². The molecule has 102 valence electrons. The van der Waals surface area contributed by atoms with Crippen molar-refractivity contribution in [1.29, 1.82) is 0 Å². The molecule has 1 nitrogen and oxygen atoms in total. The molecule has 0 saturated heterocycles. The first kappa shape index (κ1) is 14.1. The molecule has 0 fully saturated rings. The van der Waals surface area contributed by atoms with Gasteiger partial charge in [0.2, 0.25) is 0 Å². The Bertz CT molecular complexity index is 518. The van der Waals surface area contributed by atoms with E-state index in [2.05, 4.69) is 68.6 Å². The first-order chi connectivity index (χ1) is 9.26. The fraction of sp³-hybridized carbons (Fsp3) is 0.444. The van der Waals surface area contributed by atoms with Crippen molar-refractivity contribution in [2.75, 3.05) is 6.54 Å². The minimum Gasteiger partial charge on any atom is -0.313 e. The lowest BCUT2D eigenvalue weighted by atomic mass is 9.90. The highest BCUT2D eigenvalue weighted by Gasteiger charge is 2.16. The number of rotatable bonds is 6. The van der Waals surface area contributed by atoms with E-state index in [4.69, 9.17) is 0 Å². The van der Waals surface area contributed by atoms with Gasteiger partial charge < -0.3 is 5.32 Å². The van der Waals surface area contributed by atoms with Crippen LogP contribution in [0.25, 0.3) is 10.8 Å². The summed E-state index contributed by atoms with van der Waals surface area (Å²) in [6.45, 7) is 7.93. The van der Waals surface area contributed by atoms with Gasteiger partial charge in [0.25, 0.3) is 0 Å². The number of benzene rings is 2. The van der Waals surface area contributed by atoms with Crippen molar-refractivity contribution < 1.29 is 0 Å². The van der Waals surface area contributed by atoms with Gasteiger partial charge in [0.1, 0.15) is 0 Å².